The summed E-state index contributed by atoms with van der Waals surface area (Å²) in [5.74, 6) is -3.24. The number of hydrogen-bond donors (Lipinski definition) is 1. The molecule has 1 unspecified atom stereocenters. The van der Waals surface area contributed by atoms with Crippen LogP contribution in [-0.4, -0.2) is 70.8 Å². The van der Waals surface area contributed by atoms with Gasteiger partial charge in [0.05, 0.1) is 35.9 Å². The van der Waals surface area contributed by atoms with Crippen LogP contribution in [0.25, 0.3) is 0 Å². The molecule has 7 atom stereocenters. The highest BCUT2D eigenvalue weighted by atomic mass is 35.5. The van der Waals surface area contributed by atoms with Gasteiger partial charge >= 0.3 is 5.97 Å². The Hall–Kier alpha value is -2.68. The first-order valence-electron chi connectivity index (χ1n) is 14.0. The van der Waals surface area contributed by atoms with Crippen molar-refractivity contribution in [3.8, 4) is 0 Å². The maximum atomic E-state index is 14.6. The SMILES string of the molecule is CC[C@H](C)[C@H](CO)N1C(=O)[C@@H]2[C@H]3C(=O)OCCC/C=C\[C@@]3(CC)O[C@@]23C=CCN(c2ccccc2Cl)C(=O)C13. The van der Waals surface area contributed by atoms with Crippen molar-refractivity contribution >= 4 is 35.1 Å². The van der Waals surface area contributed by atoms with Crippen LogP contribution in [0.2, 0.25) is 5.02 Å². The fourth-order valence-electron chi connectivity index (χ4n) is 6.87. The highest BCUT2D eigenvalue weighted by molar-refractivity contribution is 6.34. The number of carbonyl (C=O) groups excluding carboxylic acids is 3. The van der Waals surface area contributed by atoms with Crippen molar-refractivity contribution in [2.75, 3.05) is 24.7 Å². The second-order valence-electron chi connectivity index (χ2n) is 11.0. The predicted octanol–water partition coefficient (Wildman–Crippen LogP) is 3.90. The highest BCUT2D eigenvalue weighted by Crippen LogP contribution is 2.59. The van der Waals surface area contributed by atoms with Crippen molar-refractivity contribution in [1.82, 2.24) is 4.90 Å². The molecule has 1 aromatic carbocycles. The van der Waals surface area contributed by atoms with Crippen LogP contribution in [0.3, 0.4) is 0 Å². The minimum atomic E-state index is -1.42. The van der Waals surface area contributed by atoms with Crippen LogP contribution in [0.4, 0.5) is 5.69 Å². The Labute approximate surface area is 234 Å². The Balaban J connectivity index is 1.72. The number of esters is 1. The first-order valence-corrected chi connectivity index (χ1v) is 14.3. The predicted molar refractivity (Wildman–Crippen MR) is 147 cm³/mol. The number of allylic oxidation sites excluding steroid dienone is 1. The van der Waals surface area contributed by atoms with Crippen molar-refractivity contribution in [1.29, 1.82) is 0 Å². The Morgan fingerprint density at radius 1 is 1.10 bits per heavy atom. The molecule has 210 valence electrons. The molecule has 0 radical (unpaired) electrons. The standard InChI is InChI=1S/C30H37ClN2O6/c1-4-19(3)22(18-34)33-25-27(36)32(21-13-8-7-12-20(21)31)16-11-15-30(25)23(26(33)35)24-28(37)38-17-10-6-9-14-29(24,5-2)39-30/h7-9,11-15,19,22-25,34H,4-6,10,16-18H2,1-3H3/b14-9-/t19-,22-,23-,24-,25?,29+,30-/m0/s1. The Bertz CT molecular complexity index is 1200. The first kappa shape index (κ1) is 27.9. The van der Waals surface area contributed by atoms with Crippen LogP contribution >= 0.6 is 11.6 Å². The van der Waals surface area contributed by atoms with Gasteiger partial charge in [-0.25, -0.2) is 0 Å². The van der Waals surface area contributed by atoms with E-state index in [0.29, 0.717) is 36.4 Å². The zero-order chi connectivity index (χ0) is 27.9. The molecule has 4 heterocycles. The van der Waals surface area contributed by atoms with Crippen molar-refractivity contribution in [2.24, 2.45) is 17.8 Å². The van der Waals surface area contributed by atoms with Crippen LogP contribution in [0, 0.1) is 17.8 Å². The zero-order valence-electron chi connectivity index (χ0n) is 22.7. The molecule has 4 aliphatic rings. The van der Waals surface area contributed by atoms with E-state index in [4.69, 9.17) is 21.1 Å². The van der Waals surface area contributed by atoms with Gasteiger partial charge in [-0.2, -0.15) is 0 Å². The first-order chi connectivity index (χ1) is 18.8. The number of fused-ring (bicyclic) bond motifs is 2. The molecular formula is C30H37ClN2O6. The summed E-state index contributed by atoms with van der Waals surface area (Å²) in [6.07, 6.45) is 10.0. The molecular weight excluding hydrogens is 520 g/mol. The van der Waals surface area contributed by atoms with Gasteiger partial charge in [0.2, 0.25) is 5.91 Å². The van der Waals surface area contributed by atoms with Gasteiger partial charge in [0, 0.05) is 6.54 Å². The van der Waals surface area contributed by atoms with Gasteiger partial charge in [-0.15, -0.1) is 0 Å². The number of cyclic esters (lactones) is 1. The number of aliphatic hydroxyl groups excluding tert-OH is 1. The summed E-state index contributed by atoms with van der Waals surface area (Å²) in [7, 11) is 0. The van der Waals surface area contributed by atoms with E-state index in [1.165, 1.54) is 4.90 Å². The third-order valence-electron chi connectivity index (χ3n) is 9.06. The van der Waals surface area contributed by atoms with Gasteiger partial charge in [0.25, 0.3) is 5.91 Å². The fourth-order valence-corrected chi connectivity index (χ4v) is 7.11. The molecule has 9 heteroatoms. The molecule has 2 fully saturated rings. The van der Waals surface area contributed by atoms with Crippen LogP contribution < -0.4 is 4.90 Å². The summed E-state index contributed by atoms with van der Waals surface area (Å²) in [5.41, 5.74) is -2.01. The lowest BCUT2D eigenvalue weighted by molar-refractivity contribution is -0.161. The fraction of sp³-hybridized carbons (Fsp3) is 0.567. The molecule has 2 saturated heterocycles. The van der Waals surface area contributed by atoms with E-state index < -0.39 is 41.1 Å². The third-order valence-corrected chi connectivity index (χ3v) is 9.38. The maximum absolute atomic E-state index is 14.6. The molecule has 0 saturated carbocycles. The number of benzene rings is 1. The van der Waals surface area contributed by atoms with E-state index in [-0.39, 0.29) is 37.5 Å². The second kappa shape index (κ2) is 10.7. The molecule has 39 heavy (non-hydrogen) atoms. The molecule has 0 bridgehead atoms. The van der Waals surface area contributed by atoms with Crippen LogP contribution in [0.1, 0.15) is 46.5 Å². The van der Waals surface area contributed by atoms with E-state index in [1.807, 2.05) is 39.0 Å². The van der Waals surface area contributed by atoms with Gasteiger partial charge < -0.3 is 24.4 Å². The molecule has 5 rings (SSSR count). The van der Waals surface area contributed by atoms with E-state index in [2.05, 4.69) is 0 Å². The maximum Gasteiger partial charge on any atom is 0.313 e. The molecule has 1 aromatic rings. The molecule has 0 aromatic heterocycles. The number of hydrogen-bond acceptors (Lipinski definition) is 6. The molecule has 1 spiro atoms. The number of amides is 2. The van der Waals surface area contributed by atoms with E-state index >= 15 is 0 Å². The number of likely N-dealkylation sites (tertiary alicyclic amines) is 1. The smallest absolute Gasteiger partial charge is 0.313 e. The average Bonchev–Trinajstić information content (AvgIpc) is 3.31. The number of nitrogens with zero attached hydrogens (tertiary/aromatic N) is 2. The number of ether oxygens (including phenoxy) is 2. The van der Waals surface area contributed by atoms with E-state index in [9.17, 15) is 19.5 Å². The Kier molecular flexibility index (Phi) is 7.65. The monoisotopic (exact) mass is 556 g/mol. The van der Waals surface area contributed by atoms with Gasteiger partial charge in [0.15, 0.2) is 0 Å². The summed E-state index contributed by atoms with van der Waals surface area (Å²) in [5, 5.41) is 10.9. The molecule has 0 aliphatic carbocycles. The molecule has 2 amide bonds. The minimum absolute atomic E-state index is 0.105. The summed E-state index contributed by atoms with van der Waals surface area (Å²) >= 11 is 6.53. The number of para-hydroxylation sites is 1. The third kappa shape index (κ3) is 4.23. The highest BCUT2D eigenvalue weighted by Gasteiger charge is 2.76. The van der Waals surface area contributed by atoms with Gasteiger partial charge in [-0.05, 0) is 37.3 Å². The number of rotatable bonds is 6. The second-order valence-corrected chi connectivity index (χ2v) is 11.4. The number of aliphatic hydroxyl groups is 1. The zero-order valence-corrected chi connectivity index (χ0v) is 23.5. The topological polar surface area (TPSA) is 96.4 Å². The Morgan fingerprint density at radius 3 is 2.56 bits per heavy atom. The number of carbonyl (C=O) groups is 3. The lowest BCUT2D eigenvalue weighted by Gasteiger charge is -2.42. The van der Waals surface area contributed by atoms with Crippen LogP contribution in [0.15, 0.2) is 48.6 Å². The summed E-state index contributed by atoms with van der Waals surface area (Å²) in [6.45, 7) is 6.00. The molecule has 1 N–H and O–H groups in total. The van der Waals surface area contributed by atoms with Gasteiger partial charge in [0.1, 0.15) is 23.2 Å². The average molecular weight is 557 g/mol. The summed E-state index contributed by atoms with van der Waals surface area (Å²) in [4.78, 5) is 45.9. The van der Waals surface area contributed by atoms with E-state index in [1.54, 1.807) is 35.2 Å². The van der Waals surface area contributed by atoms with Crippen LogP contribution in [-0.2, 0) is 23.9 Å². The summed E-state index contributed by atoms with van der Waals surface area (Å²) < 4.78 is 12.6. The number of anilines is 1. The largest absolute Gasteiger partial charge is 0.465 e. The lowest BCUT2D eigenvalue weighted by Crippen LogP contribution is -2.60. The van der Waals surface area contributed by atoms with Crippen molar-refractivity contribution in [2.45, 2.75) is 69.7 Å². The van der Waals surface area contributed by atoms with Crippen molar-refractivity contribution in [3.05, 3.63) is 53.6 Å². The normalized spacial score (nSPS) is 34.7. The number of halogens is 1. The lowest BCUT2D eigenvalue weighted by atomic mass is 9.73. The van der Waals surface area contributed by atoms with Crippen molar-refractivity contribution in [3.63, 3.8) is 0 Å². The van der Waals surface area contributed by atoms with Gasteiger partial charge in [-0.3, -0.25) is 14.4 Å². The molecule has 4 aliphatic heterocycles. The van der Waals surface area contributed by atoms with Crippen LogP contribution in [0.5, 0.6) is 0 Å². The van der Waals surface area contributed by atoms with Crippen molar-refractivity contribution < 1.29 is 29.0 Å². The Morgan fingerprint density at radius 2 is 1.87 bits per heavy atom. The van der Waals surface area contributed by atoms with Gasteiger partial charge in [-0.1, -0.05) is 75.2 Å². The minimum Gasteiger partial charge on any atom is -0.465 e. The van der Waals surface area contributed by atoms with E-state index in [0.717, 1.165) is 0 Å². The summed E-state index contributed by atoms with van der Waals surface area (Å²) in [6, 6.07) is 5.34. The molecule has 8 nitrogen and oxygen atoms in total. The quantitative estimate of drug-likeness (QED) is 0.422.